The Balaban J connectivity index is 1.82. The average molecular weight is 375 g/mol. The number of urea groups is 1. The Morgan fingerprint density at radius 2 is 1.85 bits per heavy atom. The largest absolute Gasteiger partial charge is 0.454 e. The maximum Gasteiger partial charge on any atom is 0.326 e. The summed E-state index contributed by atoms with van der Waals surface area (Å²) in [5.74, 6) is -1.43. The summed E-state index contributed by atoms with van der Waals surface area (Å²) in [4.78, 5) is 48.7. The molecule has 1 atom stereocenters. The average Bonchev–Trinajstić information content (AvgIpc) is 2.84. The highest BCUT2D eigenvalue weighted by molar-refractivity contribution is 6.08. The molecule has 0 bridgehead atoms. The van der Waals surface area contributed by atoms with E-state index < -0.39 is 42.5 Å². The summed E-state index contributed by atoms with van der Waals surface area (Å²) >= 11 is 0. The minimum atomic E-state index is -1.02. The van der Waals surface area contributed by atoms with Gasteiger partial charge in [-0.15, -0.1) is 0 Å². The summed E-state index contributed by atoms with van der Waals surface area (Å²) in [7, 11) is 0. The Kier molecular flexibility index (Phi) is 6.20. The van der Waals surface area contributed by atoms with Gasteiger partial charge in [0.05, 0.1) is 0 Å². The highest BCUT2D eigenvalue weighted by Crippen LogP contribution is 2.20. The van der Waals surface area contributed by atoms with E-state index in [1.807, 2.05) is 12.1 Å². The van der Waals surface area contributed by atoms with Crippen LogP contribution in [0, 0.1) is 0 Å². The molecule has 4 amide bonds. The molecular formula is C19H25N3O5. The monoisotopic (exact) mass is 375 g/mol. The standard InChI is InChI=1S/C19H25N3O5/c1-5-19(4)17(25)22(18(26)21-19)10-16(24)27-11-15(23)20-14-8-6-13(7-9-14)12(2)3/h6-9,12H,5,10-11H2,1-4H3,(H,20,23)(H,21,26)/t19-/m0/s1. The summed E-state index contributed by atoms with van der Waals surface area (Å²) < 4.78 is 4.87. The maximum atomic E-state index is 12.2. The second-order valence-corrected chi connectivity index (χ2v) is 6.99. The zero-order valence-corrected chi connectivity index (χ0v) is 16.0. The highest BCUT2D eigenvalue weighted by atomic mass is 16.5. The van der Waals surface area contributed by atoms with E-state index in [1.54, 1.807) is 26.0 Å². The van der Waals surface area contributed by atoms with Gasteiger partial charge in [0.2, 0.25) is 0 Å². The molecule has 8 nitrogen and oxygen atoms in total. The van der Waals surface area contributed by atoms with Crippen LogP contribution in [-0.4, -0.2) is 47.4 Å². The zero-order valence-electron chi connectivity index (χ0n) is 16.0. The first kappa shape index (κ1) is 20.4. The van der Waals surface area contributed by atoms with Gasteiger partial charge in [0.25, 0.3) is 11.8 Å². The lowest BCUT2D eigenvalue weighted by molar-refractivity contribution is -0.150. The number of carbonyl (C=O) groups excluding carboxylic acids is 4. The zero-order chi connectivity index (χ0) is 20.2. The molecule has 1 heterocycles. The van der Waals surface area contributed by atoms with Crippen LogP contribution in [0.1, 0.15) is 45.6 Å². The van der Waals surface area contributed by atoms with E-state index in [1.165, 1.54) is 0 Å². The molecule has 2 rings (SSSR count). The molecule has 1 saturated heterocycles. The molecule has 2 N–H and O–H groups in total. The molecule has 8 heteroatoms. The Bertz CT molecular complexity index is 744. The quantitative estimate of drug-likeness (QED) is 0.560. The first-order valence-electron chi connectivity index (χ1n) is 8.86. The lowest BCUT2D eigenvalue weighted by Crippen LogP contribution is -2.43. The summed E-state index contributed by atoms with van der Waals surface area (Å²) in [5, 5.41) is 5.17. The molecule has 1 aliphatic rings. The molecule has 146 valence electrons. The predicted molar refractivity (Wildman–Crippen MR) is 99.1 cm³/mol. The van der Waals surface area contributed by atoms with Gasteiger partial charge in [-0.2, -0.15) is 0 Å². The molecule has 0 aromatic heterocycles. The van der Waals surface area contributed by atoms with Gasteiger partial charge in [-0.1, -0.05) is 32.9 Å². The van der Waals surface area contributed by atoms with Crippen molar-refractivity contribution in [2.24, 2.45) is 0 Å². The number of nitrogens with zero attached hydrogens (tertiary/aromatic N) is 1. The van der Waals surface area contributed by atoms with Crippen LogP contribution >= 0.6 is 0 Å². The lowest BCUT2D eigenvalue weighted by Gasteiger charge is -2.18. The number of anilines is 1. The number of hydrogen-bond acceptors (Lipinski definition) is 5. The van der Waals surface area contributed by atoms with E-state index in [0.717, 1.165) is 10.5 Å². The SMILES string of the molecule is CC[C@]1(C)NC(=O)N(CC(=O)OCC(=O)Nc2ccc(C(C)C)cc2)C1=O. The minimum absolute atomic E-state index is 0.385. The van der Waals surface area contributed by atoms with Gasteiger partial charge in [-0.3, -0.25) is 19.3 Å². The van der Waals surface area contributed by atoms with Gasteiger partial charge in [0.15, 0.2) is 6.61 Å². The topological polar surface area (TPSA) is 105 Å². The van der Waals surface area contributed by atoms with E-state index in [4.69, 9.17) is 4.74 Å². The molecule has 1 aromatic carbocycles. The first-order chi connectivity index (χ1) is 12.7. The number of esters is 1. The number of hydrogen-bond donors (Lipinski definition) is 2. The fourth-order valence-corrected chi connectivity index (χ4v) is 2.60. The Labute approximate surface area is 158 Å². The third-order valence-electron chi connectivity index (χ3n) is 4.56. The number of nitrogens with one attached hydrogen (secondary N) is 2. The number of imide groups is 1. The van der Waals surface area contributed by atoms with E-state index in [2.05, 4.69) is 24.5 Å². The number of ether oxygens (including phenoxy) is 1. The molecule has 1 aliphatic heterocycles. The smallest absolute Gasteiger partial charge is 0.326 e. The van der Waals surface area contributed by atoms with Crippen molar-refractivity contribution in [2.75, 3.05) is 18.5 Å². The van der Waals surface area contributed by atoms with Gasteiger partial charge in [-0.25, -0.2) is 4.79 Å². The van der Waals surface area contributed by atoms with Gasteiger partial charge < -0.3 is 15.4 Å². The Morgan fingerprint density at radius 3 is 2.37 bits per heavy atom. The van der Waals surface area contributed by atoms with Crippen LogP contribution in [0.4, 0.5) is 10.5 Å². The Morgan fingerprint density at radius 1 is 1.22 bits per heavy atom. The molecule has 0 saturated carbocycles. The third kappa shape index (κ3) is 4.84. The first-order valence-corrected chi connectivity index (χ1v) is 8.86. The van der Waals surface area contributed by atoms with Crippen LogP contribution in [0.15, 0.2) is 24.3 Å². The molecule has 1 fully saturated rings. The third-order valence-corrected chi connectivity index (χ3v) is 4.56. The van der Waals surface area contributed by atoms with Crippen molar-refractivity contribution in [1.82, 2.24) is 10.2 Å². The number of benzene rings is 1. The van der Waals surface area contributed by atoms with E-state index in [0.29, 0.717) is 18.0 Å². The second-order valence-electron chi connectivity index (χ2n) is 6.99. The Hall–Kier alpha value is -2.90. The fourth-order valence-electron chi connectivity index (χ4n) is 2.60. The van der Waals surface area contributed by atoms with Crippen LogP contribution < -0.4 is 10.6 Å². The van der Waals surface area contributed by atoms with Gasteiger partial charge >= 0.3 is 12.0 Å². The molecule has 0 radical (unpaired) electrons. The van der Waals surface area contributed by atoms with E-state index in [9.17, 15) is 19.2 Å². The van der Waals surface area contributed by atoms with Crippen LogP contribution in [0.2, 0.25) is 0 Å². The molecule has 0 aliphatic carbocycles. The molecule has 0 unspecified atom stereocenters. The van der Waals surface area contributed by atoms with Crippen molar-refractivity contribution in [3.63, 3.8) is 0 Å². The van der Waals surface area contributed by atoms with E-state index in [-0.39, 0.29) is 0 Å². The van der Waals surface area contributed by atoms with Crippen LogP contribution in [0.5, 0.6) is 0 Å². The van der Waals surface area contributed by atoms with Crippen molar-refractivity contribution in [3.05, 3.63) is 29.8 Å². The number of rotatable bonds is 7. The molecule has 1 aromatic rings. The van der Waals surface area contributed by atoms with Gasteiger partial charge in [-0.05, 0) is 37.0 Å². The summed E-state index contributed by atoms with van der Waals surface area (Å²) in [6.07, 6.45) is 0.404. The van der Waals surface area contributed by atoms with Gasteiger partial charge in [0.1, 0.15) is 12.1 Å². The van der Waals surface area contributed by atoms with Crippen LogP contribution in [0.3, 0.4) is 0 Å². The molecule has 0 spiro atoms. The van der Waals surface area contributed by atoms with Crippen molar-refractivity contribution in [3.8, 4) is 0 Å². The van der Waals surface area contributed by atoms with Gasteiger partial charge in [0, 0.05) is 5.69 Å². The summed E-state index contributed by atoms with van der Waals surface area (Å²) in [5.41, 5.74) is 0.719. The molecule has 27 heavy (non-hydrogen) atoms. The molecular weight excluding hydrogens is 350 g/mol. The van der Waals surface area contributed by atoms with Crippen molar-refractivity contribution in [1.29, 1.82) is 0 Å². The number of carbonyl (C=O) groups is 4. The lowest BCUT2D eigenvalue weighted by atomic mass is 9.99. The van der Waals surface area contributed by atoms with Crippen molar-refractivity contribution in [2.45, 2.75) is 45.6 Å². The maximum absolute atomic E-state index is 12.2. The normalized spacial score (nSPS) is 19.2. The van der Waals surface area contributed by atoms with Crippen molar-refractivity contribution < 1.29 is 23.9 Å². The summed E-state index contributed by atoms with van der Waals surface area (Å²) in [6.45, 7) is 6.47. The predicted octanol–water partition coefficient (Wildman–Crippen LogP) is 2.01. The van der Waals surface area contributed by atoms with Crippen LogP contribution in [-0.2, 0) is 19.1 Å². The number of amides is 4. The summed E-state index contributed by atoms with van der Waals surface area (Å²) in [6, 6.07) is 6.72. The van der Waals surface area contributed by atoms with Crippen LogP contribution in [0.25, 0.3) is 0 Å². The van der Waals surface area contributed by atoms with Crippen molar-refractivity contribution >= 4 is 29.5 Å². The fraction of sp³-hybridized carbons (Fsp3) is 0.474. The minimum Gasteiger partial charge on any atom is -0.454 e. The highest BCUT2D eigenvalue weighted by Gasteiger charge is 2.47. The second kappa shape index (κ2) is 8.20. The van der Waals surface area contributed by atoms with E-state index >= 15 is 0 Å².